The summed E-state index contributed by atoms with van der Waals surface area (Å²) in [4.78, 5) is 15.0. The number of carbonyl (C=O) groups is 1. The summed E-state index contributed by atoms with van der Waals surface area (Å²) in [6, 6.07) is 9.50. The van der Waals surface area contributed by atoms with Gasteiger partial charge in [-0.2, -0.15) is 0 Å². The van der Waals surface area contributed by atoms with E-state index >= 15 is 0 Å². The summed E-state index contributed by atoms with van der Waals surface area (Å²) in [6.45, 7) is 7.18. The fraction of sp³-hybridized carbons (Fsp3) is 0.650. The molecule has 0 aromatic heterocycles. The molecule has 5 nitrogen and oxygen atoms in total. The van der Waals surface area contributed by atoms with Crippen LogP contribution in [0.3, 0.4) is 0 Å². The highest BCUT2D eigenvalue weighted by Crippen LogP contribution is 2.35. The first-order valence-corrected chi connectivity index (χ1v) is 9.64. The number of hydrogen-bond donors (Lipinski definition) is 2. The van der Waals surface area contributed by atoms with Gasteiger partial charge in [0.1, 0.15) is 5.75 Å². The fourth-order valence-electron chi connectivity index (χ4n) is 4.53. The van der Waals surface area contributed by atoms with Gasteiger partial charge in [-0.05, 0) is 70.7 Å². The number of anilines is 1. The monoisotopic (exact) mass is 345 g/mol. The minimum atomic E-state index is -0.106. The predicted octanol–water partition coefficient (Wildman–Crippen LogP) is 4.00. The first-order chi connectivity index (χ1) is 12.1. The van der Waals surface area contributed by atoms with Crippen LogP contribution in [0.1, 0.15) is 52.9 Å². The number of piperidine rings is 2. The number of hydrogen-bond acceptors (Lipinski definition) is 3. The summed E-state index contributed by atoms with van der Waals surface area (Å²) in [5.41, 5.74) is 0.792. The number of nitrogens with zero attached hydrogens (tertiary/aromatic N) is 1. The highest BCUT2D eigenvalue weighted by molar-refractivity contribution is 5.89. The van der Waals surface area contributed by atoms with E-state index in [9.17, 15) is 4.79 Å². The van der Waals surface area contributed by atoms with E-state index in [1.165, 1.54) is 19.3 Å². The Balaban J connectivity index is 1.53. The molecule has 2 aliphatic heterocycles. The third-order valence-electron chi connectivity index (χ3n) is 5.39. The van der Waals surface area contributed by atoms with Gasteiger partial charge in [0.15, 0.2) is 0 Å². The van der Waals surface area contributed by atoms with Crippen LogP contribution in [-0.2, 0) is 0 Å². The number of amides is 2. The van der Waals surface area contributed by atoms with Gasteiger partial charge in [-0.15, -0.1) is 0 Å². The number of rotatable bonds is 5. The topological polar surface area (TPSA) is 53.6 Å². The predicted molar refractivity (Wildman–Crippen MR) is 101 cm³/mol. The molecule has 0 spiro atoms. The van der Waals surface area contributed by atoms with E-state index in [0.717, 1.165) is 24.3 Å². The van der Waals surface area contributed by atoms with Gasteiger partial charge in [0, 0.05) is 29.9 Å². The van der Waals surface area contributed by atoms with E-state index in [1.807, 2.05) is 31.2 Å². The van der Waals surface area contributed by atoms with Crippen LogP contribution >= 0.6 is 0 Å². The van der Waals surface area contributed by atoms with Gasteiger partial charge in [-0.25, -0.2) is 4.79 Å². The second kappa shape index (κ2) is 8.09. The van der Waals surface area contributed by atoms with Crippen LogP contribution in [0.4, 0.5) is 10.5 Å². The highest BCUT2D eigenvalue weighted by atomic mass is 16.5. The molecule has 138 valence electrons. The lowest BCUT2D eigenvalue weighted by Crippen LogP contribution is -2.59. The minimum absolute atomic E-state index is 0.106. The molecule has 0 radical (unpaired) electrons. The number of urea groups is 1. The first-order valence-electron chi connectivity index (χ1n) is 9.64. The minimum Gasteiger partial charge on any atom is -0.494 e. The Morgan fingerprint density at radius 2 is 1.84 bits per heavy atom. The Bertz CT molecular complexity index is 559. The zero-order valence-electron chi connectivity index (χ0n) is 15.6. The van der Waals surface area contributed by atoms with Crippen molar-refractivity contribution in [2.45, 2.75) is 77.0 Å². The Kier molecular flexibility index (Phi) is 5.84. The van der Waals surface area contributed by atoms with Gasteiger partial charge in [0.25, 0.3) is 0 Å². The molecule has 3 rings (SSSR count). The van der Waals surface area contributed by atoms with Crippen LogP contribution in [-0.4, -0.2) is 41.7 Å². The van der Waals surface area contributed by atoms with Gasteiger partial charge in [0.2, 0.25) is 0 Å². The molecular formula is C20H31N3O2. The number of fused-ring (bicyclic) bond motifs is 2. The van der Waals surface area contributed by atoms with Crippen LogP contribution in [0, 0.1) is 0 Å². The largest absolute Gasteiger partial charge is 0.494 e. The second-order valence-electron chi connectivity index (χ2n) is 7.50. The maximum absolute atomic E-state index is 12.4. The Labute approximate surface area is 151 Å². The third-order valence-corrected chi connectivity index (χ3v) is 5.39. The molecule has 0 saturated carbocycles. The van der Waals surface area contributed by atoms with E-state index in [0.29, 0.717) is 24.7 Å². The standard InChI is InChI=1S/C20H31N3O2/c1-4-25-19-10-8-15(9-11-19)21-20(24)22-16-12-17-6-5-7-18(13-16)23(17)14(2)3/h8-11,14,16-18H,4-7,12-13H2,1-3H3,(H2,21,22,24)/t17-,18-/m1/s1. The summed E-state index contributed by atoms with van der Waals surface area (Å²) in [6.07, 6.45) is 5.96. The molecule has 25 heavy (non-hydrogen) atoms. The molecule has 1 aromatic rings. The van der Waals surface area contributed by atoms with Crippen LogP contribution in [0.2, 0.25) is 0 Å². The van der Waals surface area contributed by atoms with Crippen LogP contribution < -0.4 is 15.4 Å². The van der Waals surface area contributed by atoms with E-state index in [4.69, 9.17) is 4.74 Å². The molecule has 2 aliphatic rings. The van der Waals surface area contributed by atoms with Crippen LogP contribution in [0.25, 0.3) is 0 Å². The van der Waals surface area contributed by atoms with Gasteiger partial charge >= 0.3 is 6.03 Å². The van der Waals surface area contributed by atoms with Gasteiger partial charge in [0.05, 0.1) is 6.61 Å². The van der Waals surface area contributed by atoms with Crippen molar-refractivity contribution in [2.24, 2.45) is 0 Å². The molecular weight excluding hydrogens is 314 g/mol. The zero-order chi connectivity index (χ0) is 17.8. The van der Waals surface area contributed by atoms with Crippen molar-refractivity contribution in [3.05, 3.63) is 24.3 Å². The molecule has 2 bridgehead atoms. The summed E-state index contributed by atoms with van der Waals surface area (Å²) in [5, 5.41) is 6.13. The molecule has 2 fully saturated rings. The highest BCUT2D eigenvalue weighted by Gasteiger charge is 2.39. The summed E-state index contributed by atoms with van der Waals surface area (Å²) >= 11 is 0. The molecule has 2 amide bonds. The van der Waals surface area contributed by atoms with E-state index in [-0.39, 0.29) is 12.1 Å². The van der Waals surface area contributed by atoms with Crippen molar-refractivity contribution in [3.8, 4) is 5.75 Å². The van der Waals surface area contributed by atoms with Crippen molar-refractivity contribution in [1.29, 1.82) is 0 Å². The van der Waals surface area contributed by atoms with E-state index < -0.39 is 0 Å². The van der Waals surface area contributed by atoms with Crippen molar-refractivity contribution < 1.29 is 9.53 Å². The molecule has 0 unspecified atom stereocenters. The summed E-state index contributed by atoms with van der Waals surface area (Å²) < 4.78 is 5.43. The molecule has 2 heterocycles. The first kappa shape index (κ1) is 18.1. The van der Waals surface area contributed by atoms with Crippen molar-refractivity contribution >= 4 is 11.7 Å². The maximum atomic E-state index is 12.4. The van der Waals surface area contributed by atoms with Crippen molar-refractivity contribution in [1.82, 2.24) is 10.2 Å². The fourth-order valence-corrected chi connectivity index (χ4v) is 4.53. The summed E-state index contributed by atoms with van der Waals surface area (Å²) in [5.74, 6) is 0.822. The van der Waals surface area contributed by atoms with Gasteiger partial charge in [-0.3, -0.25) is 4.90 Å². The molecule has 0 aliphatic carbocycles. The average Bonchev–Trinajstić information content (AvgIpc) is 2.56. The lowest BCUT2D eigenvalue weighted by atomic mass is 9.81. The Hall–Kier alpha value is -1.75. The SMILES string of the molecule is CCOc1ccc(NC(=O)NC2C[C@H]3CCC[C@H](C2)N3C(C)C)cc1. The normalized spacial score (nSPS) is 26.3. The molecule has 5 heteroatoms. The molecule has 1 aromatic carbocycles. The molecule has 2 N–H and O–H groups in total. The zero-order valence-corrected chi connectivity index (χ0v) is 15.6. The van der Waals surface area contributed by atoms with Crippen molar-refractivity contribution in [2.75, 3.05) is 11.9 Å². The van der Waals surface area contributed by atoms with Crippen LogP contribution in [0.5, 0.6) is 5.75 Å². The second-order valence-corrected chi connectivity index (χ2v) is 7.50. The third kappa shape index (κ3) is 4.46. The maximum Gasteiger partial charge on any atom is 0.319 e. The smallest absolute Gasteiger partial charge is 0.319 e. The van der Waals surface area contributed by atoms with Crippen molar-refractivity contribution in [3.63, 3.8) is 0 Å². The van der Waals surface area contributed by atoms with E-state index in [2.05, 4.69) is 29.4 Å². The number of carbonyl (C=O) groups excluding carboxylic acids is 1. The lowest BCUT2D eigenvalue weighted by molar-refractivity contribution is 0.00233. The van der Waals surface area contributed by atoms with Gasteiger partial charge < -0.3 is 15.4 Å². The summed E-state index contributed by atoms with van der Waals surface area (Å²) in [7, 11) is 0. The number of nitrogens with one attached hydrogen (secondary N) is 2. The Morgan fingerprint density at radius 1 is 1.20 bits per heavy atom. The van der Waals surface area contributed by atoms with Gasteiger partial charge in [-0.1, -0.05) is 6.42 Å². The molecule has 2 atom stereocenters. The Morgan fingerprint density at radius 3 is 2.40 bits per heavy atom. The molecule has 2 saturated heterocycles. The lowest BCUT2D eigenvalue weighted by Gasteiger charge is -2.51. The van der Waals surface area contributed by atoms with Crippen LogP contribution in [0.15, 0.2) is 24.3 Å². The van der Waals surface area contributed by atoms with E-state index in [1.54, 1.807) is 0 Å². The average molecular weight is 345 g/mol. The number of benzene rings is 1. The quantitative estimate of drug-likeness (QED) is 0.848. The number of ether oxygens (including phenoxy) is 1.